The highest BCUT2D eigenvalue weighted by atomic mass is 16.3. The van der Waals surface area contributed by atoms with Crippen LogP contribution in [-0.4, -0.2) is 23.4 Å². The molecule has 1 aliphatic heterocycles. The molecule has 0 unspecified atom stereocenters. The summed E-state index contributed by atoms with van der Waals surface area (Å²) in [4.78, 5) is 15.4. The predicted molar refractivity (Wildman–Crippen MR) is 109 cm³/mol. The van der Waals surface area contributed by atoms with Crippen LogP contribution in [0, 0.1) is 10.8 Å². The summed E-state index contributed by atoms with van der Waals surface area (Å²) in [6.45, 7) is 7.95. The summed E-state index contributed by atoms with van der Waals surface area (Å²) < 4.78 is 5.79. The van der Waals surface area contributed by atoms with Crippen molar-refractivity contribution in [1.29, 1.82) is 0 Å². The Morgan fingerprint density at radius 3 is 2.81 bits per heavy atom. The molecule has 2 aliphatic rings. The molecule has 27 heavy (non-hydrogen) atoms. The van der Waals surface area contributed by atoms with E-state index in [4.69, 9.17) is 4.42 Å². The number of hydrogen-bond acceptors (Lipinski definition) is 2. The van der Waals surface area contributed by atoms with Gasteiger partial charge in [-0.05, 0) is 46.9 Å². The molecule has 0 N–H and O–H groups in total. The highest BCUT2D eigenvalue weighted by Crippen LogP contribution is 2.52. The number of benzene rings is 2. The SMILES string of the molecule is CC1(C)C[C@@H]2C[C@](C)(CN2C(=O)Cc2coc3ccc4ccccc4c23)C1. The van der Waals surface area contributed by atoms with Crippen LogP contribution >= 0.6 is 0 Å². The van der Waals surface area contributed by atoms with E-state index in [1.165, 1.54) is 17.2 Å². The average Bonchev–Trinajstić information content (AvgIpc) is 3.12. The van der Waals surface area contributed by atoms with Crippen LogP contribution in [0.3, 0.4) is 0 Å². The minimum absolute atomic E-state index is 0.247. The topological polar surface area (TPSA) is 33.5 Å². The third kappa shape index (κ3) is 2.75. The molecule has 2 heterocycles. The second kappa shape index (κ2) is 5.60. The first kappa shape index (κ1) is 16.9. The summed E-state index contributed by atoms with van der Waals surface area (Å²) in [6.07, 6.45) is 5.68. The van der Waals surface area contributed by atoms with E-state index in [-0.39, 0.29) is 11.3 Å². The van der Waals surface area contributed by atoms with Crippen LogP contribution in [-0.2, 0) is 11.2 Å². The van der Waals surface area contributed by atoms with Crippen molar-refractivity contribution in [2.75, 3.05) is 6.54 Å². The van der Waals surface area contributed by atoms with Crippen LogP contribution in [0.15, 0.2) is 47.1 Å². The first-order valence-electron chi connectivity index (χ1n) is 10.0. The minimum atomic E-state index is 0.247. The van der Waals surface area contributed by atoms with Crippen LogP contribution < -0.4 is 0 Å². The van der Waals surface area contributed by atoms with Gasteiger partial charge in [0.15, 0.2) is 0 Å². The molecule has 140 valence electrons. The normalized spacial score (nSPS) is 26.8. The van der Waals surface area contributed by atoms with E-state index in [1.807, 2.05) is 18.2 Å². The summed E-state index contributed by atoms with van der Waals surface area (Å²) in [6, 6.07) is 12.8. The predicted octanol–water partition coefficient (Wildman–Crippen LogP) is 5.56. The number of carbonyl (C=O) groups is 1. The van der Waals surface area contributed by atoms with Crippen molar-refractivity contribution in [3.05, 3.63) is 48.2 Å². The highest BCUT2D eigenvalue weighted by molar-refractivity contribution is 6.08. The minimum Gasteiger partial charge on any atom is -0.464 e. The van der Waals surface area contributed by atoms with Crippen molar-refractivity contribution in [2.24, 2.45) is 10.8 Å². The molecule has 5 rings (SSSR count). The van der Waals surface area contributed by atoms with Crippen molar-refractivity contribution in [3.63, 3.8) is 0 Å². The van der Waals surface area contributed by atoms with E-state index < -0.39 is 0 Å². The fourth-order valence-electron chi connectivity index (χ4n) is 6.02. The molecule has 2 aromatic carbocycles. The largest absolute Gasteiger partial charge is 0.464 e. The van der Waals surface area contributed by atoms with Gasteiger partial charge in [0.25, 0.3) is 0 Å². The van der Waals surface area contributed by atoms with Crippen molar-refractivity contribution < 1.29 is 9.21 Å². The van der Waals surface area contributed by atoms with Gasteiger partial charge in [0.05, 0.1) is 12.7 Å². The van der Waals surface area contributed by atoms with Gasteiger partial charge in [0.2, 0.25) is 5.91 Å². The lowest BCUT2D eigenvalue weighted by molar-refractivity contribution is -0.131. The maximum Gasteiger partial charge on any atom is 0.227 e. The van der Waals surface area contributed by atoms with Gasteiger partial charge >= 0.3 is 0 Å². The van der Waals surface area contributed by atoms with Crippen LogP contribution in [0.1, 0.15) is 45.6 Å². The van der Waals surface area contributed by atoms with Gasteiger partial charge in [-0.25, -0.2) is 0 Å². The third-order valence-electron chi connectivity index (χ3n) is 6.62. The average molecular weight is 361 g/mol. The Kier molecular flexibility index (Phi) is 3.50. The standard InChI is InChI=1S/C24H27NO2/c1-23(2)11-18-12-24(3,14-23)15-25(18)21(26)10-17-13-27-20-9-8-16-6-4-5-7-19(16)22(17)20/h4-9,13,18H,10-12,14-15H2,1-3H3/t18-,24+/m1/s1. The van der Waals surface area contributed by atoms with Gasteiger partial charge in [-0.1, -0.05) is 51.1 Å². The molecule has 1 aromatic heterocycles. The Hall–Kier alpha value is -2.29. The van der Waals surface area contributed by atoms with E-state index in [0.29, 0.717) is 17.9 Å². The molecule has 3 aromatic rings. The lowest BCUT2D eigenvalue weighted by Gasteiger charge is -2.39. The molecular weight excluding hydrogens is 334 g/mol. The molecule has 2 fully saturated rings. The first-order chi connectivity index (χ1) is 12.8. The number of rotatable bonds is 2. The van der Waals surface area contributed by atoms with Crippen LogP contribution in [0.4, 0.5) is 0 Å². The molecule has 0 spiro atoms. The van der Waals surface area contributed by atoms with Gasteiger partial charge in [-0.15, -0.1) is 0 Å². The zero-order valence-electron chi connectivity index (χ0n) is 16.4. The summed E-state index contributed by atoms with van der Waals surface area (Å²) in [5.74, 6) is 0.247. The Morgan fingerprint density at radius 2 is 1.96 bits per heavy atom. The molecule has 2 bridgehead atoms. The summed E-state index contributed by atoms with van der Waals surface area (Å²) in [5, 5.41) is 3.45. The maximum atomic E-state index is 13.3. The van der Waals surface area contributed by atoms with Gasteiger partial charge < -0.3 is 9.32 Å². The van der Waals surface area contributed by atoms with E-state index in [9.17, 15) is 4.79 Å². The fraction of sp³-hybridized carbons (Fsp3) is 0.458. The molecule has 3 heteroatoms. The van der Waals surface area contributed by atoms with E-state index in [2.05, 4.69) is 43.9 Å². The maximum absolute atomic E-state index is 13.3. The summed E-state index contributed by atoms with van der Waals surface area (Å²) in [5.41, 5.74) is 2.47. The number of hydrogen-bond donors (Lipinski definition) is 0. The molecule has 1 amide bonds. The second-order valence-electron chi connectivity index (χ2n) is 9.83. The van der Waals surface area contributed by atoms with Gasteiger partial charge in [-0.3, -0.25) is 4.79 Å². The zero-order chi connectivity index (χ0) is 18.8. The highest BCUT2D eigenvalue weighted by Gasteiger charge is 2.50. The van der Waals surface area contributed by atoms with Gasteiger partial charge in [0, 0.05) is 23.5 Å². The van der Waals surface area contributed by atoms with Crippen LogP contribution in [0.25, 0.3) is 21.7 Å². The fourth-order valence-corrected chi connectivity index (χ4v) is 6.02. The van der Waals surface area contributed by atoms with Gasteiger partial charge in [0.1, 0.15) is 5.58 Å². The van der Waals surface area contributed by atoms with E-state index >= 15 is 0 Å². The molecule has 1 aliphatic carbocycles. The quantitative estimate of drug-likeness (QED) is 0.599. The lowest BCUT2D eigenvalue weighted by atomic mass is 9.65. The third-order valence-corrected chi connectivity index (χ3v) is 6.62. The van der Waals surface area contributed by atoms with E-state index in [1.54, 1.807) is 6.26 Å². The lowest BCUT2D eigenvalue weighted by Crippen LogP contribution is -2.38. The zero-order valence-corrected chi connectivity index (χ0v) is 16.4. The van der Waals surface area contributed by atoms with Crippen molar-refractivity contribution in [1.82, 2.24) is 4.90 Å². The summed E-state index contributed by atoms with van der Waals surface area (Å²) >= 11 is 0. The monoisotopic (exact) mass is 361 g/mol. The number of nitrogens with zero attached hydrogens (tertiary/aromatic N) is 1. The number of carbonyl (C=O) groups excluding carboxylic acids is 1. The van der Waals surface area contributed by atoms with E-state index in [0.717, 1.165) is 35.9 Å². The number of fused-ring (bicyclic) bond motifs is 5. The van der Waals surface area contributed by atoms with Crippen molar-refractivity contribution >= 4 is 27.6 Å². The van der Waals surface area contributed by atoms with Crippen LogP contribution in [0.5, 0.6) is 0 Å². The first-order valence-corrected chi connectivity index (χ1v) is 10.0. The molecule has 0 radical (unpaired) electrons. The number of amides is 1. The number of furan rings is 1. The number of likely N-dealkylation sites (tertiary alicyclic amines) is 1. The molecular formula is C24H27NO2. The Balaban J connectivity index is 1.48. The Bertz CT molecular complexity index is 1050. The molecule has 1 saturated heterocycles. The van der Waals surface area contributed by atoms with Gasteiger partial charge in [-0.2, -0.15) is 0 Å². The Morgan fingerprint density at radius 1 is 1.15 bits per heavy atom. The summed E-state index contributed by atoms with van der Waals surface area (Å²) in [7, 11) is 0. The van der Waals surface area contributed by atoms with Crippen molar-refractivity contribution in [3.8, 4) is 0 Å². The smallest absolute Gasteiger partial charge is 0.227 e. The van der Waals surface area contributed by atoms with Crippen molar-refractivity contribution in [2.45, 2.75) is 52.5 Å². The molecule has 3 nitrogen and oxygen atoms in total. The molecule has 1 saturated carbocycles. The second-order valence-corrected chi connectivity index (χ2v) is 9.83. The van der Waals surface area contributed by atoms with Crippen LogP contribution in [0.2, 0.25) is 0 Å². The Labute approximate surface area is 160 Å². The molecule has 2 atom stereocenters.